The van der Waals surface area contributed by atoms with Crippen molar-refractivity contribution >= 4 is 0 Å². The molecular weight excluding hydrogens is 246 g/mol. The van der Waals surface area contributed by atoms with Crippen LogP contribution in [0.1, 0.15) is 41.6 Å². The van der Waals surface area contributed by atoms with Crippen LogP contribution in [0.25, 0.3) is 0 Å². The van der Waals surface area contributed by atoms with Crippen molar-refractivity contribution in [1.82, 2.24) is 0 Å². The first-order valence-electron chi connectivity index (χ1n) is 6.37. The molecule has 1 unspecified atom stereocenters. The summed E-state index contributed by atoms with van der Waals surface area (Å²) in [7, 11) is 0. The van der Waals surface area contributed by atoms with Crippen LogP contribution in [0.5, 0.6) is 0 Å². The SMILES string of the molecule is OC(c1ccc(C2CC2)cc1)c1cc(F)cc(F)c1. The second kappa shape index (κ2) is 4.74. The minimum Gasteiger partial charge on any atom is -0.384 e. The van der Waals surface area contributed by atoms with Crippen LogP contribution in [0.4, 0.5) is 8.78 Å². The molecule has 1 aliphatic carbocycles. The smallest absolute Gasteiger partial charge is 0.126 e. The molecule has 1 atom stereocenters. The Hall–Kier alpha value is -1.74. The molecule has 1 fully saturated rings. The Kier molecular flexibility index (Phi) is 3.07. The van der Waals surface area contributed by atoms with Crippen LogP contribution >= 0.6 is 0 Å². The number of hydrogen-bond donors (Lipinski definition) is 1. The lowest BCUT2D eigenvalue weighted by molar-refractivity contribution is 0.219. The van der Waals surface area contributed by atoms with Crippen molar-refractivity contribution in [2.24, 2.45) is 0 Å². The Morgan fingerprint density at radius 3 is 2.00 bits per heavy atom. The number of halogens is 2. The Morgan fingerprint density at radius 2 is 1.47 bits per heavy atom. The first-order chi connectivity index (χ1) is 9.13. The van der Waals surface area contributed by atoms with E-state index in [1.54, 1.807) is 0 Å². The lowest BCUT2D eigenvalue weighted by Gasteiger charge is -2.12. The summed E-state index contributed by atoms with van der Waals surface area (Å²) in [5.41, 5.74) is 2.15. The molecule has 0 amide bonds. The maximum Gasteiger partial charge on any atom is 0.126 e. The van der Waals surface area contributed by atoms with E-state index in [2.05, 4.69) is 0 Å². The van der Waals surface area contributed by atoms with E-state index in [4.69, 9.17) is 0 Å². The molecule has 1 N–H and O–H groups in total. The molecule has 0 aliphatic heterocycles. The molecule has 1 aliphatic rings. The first kappa shape index (κ1) is 12.3. The van der Waals surface area contributed by atoms with Crippen molar-refractivity contribution in [3.63, 3.8) is 0 Å². The molecule has 2 aromatic rings. The van der Waals surface area contributed by atoms with E-state index in [0.29, 0.717) is 11.5 Å². The van der Waals surface area contributed by atoms with Gasteiger partial charge in [-0.25, -0.2) is 8.78 Å². The Balaban J connectivity index is 1.87. The number of benzene rings is 2. The minimum absolute atomic E-state index is 0.233. The van der Waals surface area contributed by atoms with Gasteiger partial charge in [-0.1, -0.05) is 24.3 Å². The maximum absolute atomic E-state index is 13.1. The second-order valence-electron chi connectivity index (χ2n) is 5.05. The molecule has 0 heterocycles. The molecule has 1 nitrogen and oxygen atoms in total. The van der Waals surface area contributed by atoms with Gasteiger partial charge in [0.2, 0.25) is 0 Å². The van der Waals surface area contributed by atoms with Crippen molar-refractivity contribution in [2.45, 2.75) is 24.9 Å². The van der Waals surface area contributed by atoms with Crippen LogP contribution in [0.15, 0.2) is 42.5 Å². The average molecular weight is 260 g/mol. The van der Waals surface area contributed by atoms with Gasteiger partial charge in [0.15, 0.2) is 0 Å². The zero-order valence-electron chi connectivity index (χ0n) is 10.3. The van der Waals surface area contributed by atoms with E-state index in [9.17, 15) is 13.9 Å². The molecule has 0 bridgehead atoms. The van der Waals surface area contributed by atoms with Crippen molar-refractivity contribution in [3.8, 4) is 0 Å². The highest BCUT2D eigenvalue weighted by molar-refractivity contribution is 5.34. The number of hydrogen-bond acceptors (Lipinski definition) is 1. The highest BCUT2D eigenvalue weighted by Gasteiger charge is 2.23. The van der Waals surface area contributed by atoms with Gasteiger partial charge < -0.3 is 5.11 Å². The van der Waals surface area contributed by atoms with Crippen LogP contribution in [-0.2, 0) is 0 Å². The maximum atomic E-state index is 13.1. The van der Waals surface area contributed by atoms with Crippen LogP contribution in [-0.4, -0.2) is 5.11 Å². The molecule has 2 aromatic carbocycles. The number of aliphatic hydroxyl groups is 1. The van der Waals surface area contributed by atoms with Gasteiger partial charge in [0.05, 0.1) is 0 Å². The molecule has 3 heteroatoms. The third-order valence-electron chi connectivity index (χ3n) is 3.50. The zero-order valence-corrected chi connectivity index (χ0v) is 10.3. The molecule has 98 valence electrons. The fourth-order valence-electron chi connectivity index (χ4n) is 2.29. The Labute approximate surface area is 110 Å². The van der Waals surface area contributed by atoms with Gasteiger partial charge in [0, 0.05) is 6.07 Å². The van der Waals surface area contributed by atoms with Crippen molar-refractivity contribution < 1.29 is 13.9 Å². The quantitative estimate of drug-likeness (QED) is 0.886. The predicted molar refractivity (Wildman–Crippen MR) is 68.8 cm³/mol. The lowest BCUT2D eigenvalue weighted by atomic mass is 9.99. The highest BCUT2D eigenvalue weighted by Crippen LogP contribution is 2.40. The minimum atomic E-state index is -1.00. The van der Waals surface area contributed by atoms with Gasteiger partial charge in [0.25, 0.3) is 0 Å². The third-order valence-corrected chi connectivity index (χ3v) is 3.50. The fourth-order valence-corrected chi connectivity index (χ4v) is 2.29. The molecule has 0 saturated heterocycles. The fraction of sp³-hybridized carbons (Fsp3) is 0.250. The lowest BCUT2D eigenvalue weighted by Crippen LogP contribution is -2.01. The van der Waals surface area contributed by atoms with Crippen LogP contribution in [0.2, 0.25) is 0 Å². The Morgan fingerprint density at radius 1 is 0.895 bits per heavy atom. The van der Waals surface area contributed by atoms with Gasteiger partial charge in [0.1, 0.15) is 17.7 Å². The van der Waals surface area contributed by atoms with Crippen LogP contribution in [0.3, 0.4) is 0 Å². The topological polar surface area (TPSA) is 20.2 Å². The third kappa shape index (κ3) is 2.66. The van der Waals surface area contributed by atoms with E-state index in [1.807, 2.05) is 24.3 Å². The Bertz CT molecular complexity index is 568. The molecule has 1 saturated carbocycles. The van der Waals surface area contributed by atoms with Gasteiger partial charge in [-0.3, -0.25) is 0 Å². The van der Waals surface area contributed by atoms with Gasteiger partial charge in [-0.2, -0.15) is 0 Å². The first-order valence-corrected chi connectivity index (χ1v) is 6.37. The summed E-state index contributed by atoms with van der Waals surface area (Å²) in [5.74, 6) is -0.704. The summed E-state index contributed by atoms with van der Waals surface area (Å²) in [4.78, 5) is 0. The van der Waals surface area contributed by atoms with Crippen LogP contribution in [0, 0.1) is 11.6 Å². The average Bonchev–Trinajstić information content (AvgIpc) is 3.21. The number of rotatable bonds is 3. The summed E-state index contributed by atoms with van der Waals surface area (Å²) in [6.07, 6.45) is 1.44. The van der Waals surface area contributed by atoms with Crippen molar-refractivity contribution in [1.29, 1.82) is 0 Å². The zero-order chi connectivity index (χ0) is 13.4. The normalized spacial score (nSPS) is 16.4. The van der Waals surface area contributed by atoms with E-state index in [0.717, 1.165) is 18.2 Å². The van der Waals surface area contributed by atoms with Gasteiger partial charge >= 0.3 is 0 Å². The molecule has 19 heavy (non-hydrogen) atoms. The summed E-state index contributed by atoms with van der Waals surface area (Å²) in [5, 5.41) is 10.2. The molecule has 0 radical (unpaired) electrons. The molecule has 0 aromatic heterocycles. The van der Waals surface area contributed by atoms with Crippen LogP contribution < -0.4 is 0 Å². The van der Waals surface area contributed by atoms with Gasteiger partial charge in [-0.15, -0.1) is 0 Å². The summed E-state index contributed by atoms with van der Waals surface area (Å²) in [6, 6.07) is 10.7. The van der Waals surface area contributed by atoms with E-state index < -0.39 is 17.7 Å². The summed E-state index contributed by atoms with van der Waals surface area (Å²) >= 11 is 0. The summed E-state index contributed by atoms with van der Waals surface area (Å²) < 4.78 is 26.3. The van der Waals surface area contributed by atoms with E-state index in [1.165, 1.54) is 18.4 Å². The van der Waals surface area contributed by atoms with Crippen molar-refractivity contribution in [3.05, 3.63) is 70.8 Å². The van der Waals surface area contributed by atoms with Gasteiger partial charge in [-0.05, 0) is 47.6 Å². The predicted octanol–water partition coefficient (Wildman–Crippen LogP) is 3.92. The molecular formula is C16H14F2O. The number of aliphatic hydroxyl groups excluding tert-OH is 1. The largest absolute Gasteiger partial charge is 0.384 e. The monoisotopic (exact) mass is 260 g/mol. The van der Waals surface area contributed by atoms with Crippen molar-refractivity contribution in [2.75, 3.05) is 0 Å². The second-order valence-corrected chi connectivity index (χ2v) is 5.05. The standard InChI is InChI=1S/C16H14F2O/c17-14-7-13(8-15(18)9-14)16(19)12-5-3-11(4-6-12)10-1-2-10/h3-10,16,19H,1-2H2. The summed E-state index contributed by atoms with van der Waals surface area (Å²) in [6.45, 7) is 0. The van der Waals surface area contributed by atoms with E-state index in [-0.39, 0.29) is 5.56 Å². The molecule has 3 rings (SSSR count). The van der Waals surface area contributed by atoms with E-state index >= 15 is 0 Å². The highest BCUT2D eigenvalue weighted by atomic mass is 19.1. The molecule has 0 spiro atoms.